The molecule has 2 N–H and O–H groups in total. The first-order valence-electron chi connectivity index (χ1n) is 11.4. The maximum atomic E-state index is 13.3. The fourth-order valence-corrected chi connectivity index (χ4v) is 3.82. The number of hydrogen-bond donors (Lipinski definition) is 1. The van der Waals surface area contributed by atoms with Crippen LogP contribution in [0.2, 0.25) is 0 Å². The Morgan fingerprint density at radius 1 is 1.03 bits per heavy atom. The van der Waals surface area contributed by atoms with Crippen LogP contribution in [-0.2, 0) is 32.8 Å². The number of nitrogens with zero attached hydrogens (tertiary/aromatic N) is 1. The molecule has 4 rings (SSSR count). The molecule has 2 aromatic carbocycles. The standard InChI is InChI=1S/C21H20FNO3.2C2H6.CH5N/c22-18-4-1-15(2-5-18)12-21(8-7-20-24-9-10-25-20)19-6-3-16(13-23)11-17(19)14-26-21;3*1-2/h1-6,11,20H,7-10,12,14H2;2*1-2H3;2H2,1H3. The number of nitrogens with two attached hydrogens (primary N) is 1. The Balaban J connectivity index is 0.000000789. The first-order chi connectivity index (χ1) is 15.7. The molecule has 1 unspecified atom stereocenters. The van der Waals surface area contributed by atoms with Crippen molar-refractivity contribution in [1.29, 1.82) is 5.26 Å². The molecule has 32 heavy (non-hydrogen) atoms. The highest BCUT2D eigenvalue weighted by Gasteiger charge is 2.41. The lowest BCUT2D eigenvalue weighted by atomic mass is 9.82. The summed E-state index contributed by atoms with van der Waals surface area (Å²) in [7, 11) is 1.50. The Kier molecular flexibility index (Phi) is 12.7. The minimum absolute atomic E-state index is 0.203. The highest BCUT2D eigenvalue weighted by molar-refractivity contribution is 5.43. The Hall–Kier alpha value is -2.30. The predicted octanol–water partition coefficient (Wildman–Crippen LogP) is 5.45. The van der Waals surface area contributed by atoms with Gasteiger partial charge >= 0.3 is 0 Å². The number of fused-ring (bicyclic) bond motifs is 1. The van der Waals surface area contributed by atoms with Gasteiger partial charge in [-0.25, -0.2) is 4.39 Å². The van der Waals surface area contributed by atoms with Gasteiger partial charge in [-0.2, -0.15) is 5.26 Å². The van der Waals surface area contributed by atoms with E-state index in [0.717, 1.165) is 29.5 Å². The summed E-state index contributed by atoms with van der Waals surface area (Å²) in [5, 5.41) is 9.15. The van der Waals surface area contributed by atoms with Crippen molar-refractivity contribution in [2.75, 3.05) is 20.3 Å². The lowest BCUT2D eigenvalue weighted by molar-refractivity contribution is -0.0873. The summed E-state index contributed by atoms with van der Waals surface area (Å²) in [6.07, 6.45) is 1.89. The third-order valence-electron chi connectivity index (χ3n) is 5.11. The van der Waals surface area contributed by atoms with Crippen molar-refractivity contribution >= 4 is 0 Å². The maximum absolute atomic E-state index is 13.3. The van der Waals surface area contributed by atoms with Crippen molar-refractivity contribution in [2.24, 2.45) is 5.73 Å². The average molecular weight is 445 g/mol. The lowest BCUT2D eigenvalue weighted by Gasteiger charge is -2.31. The molecular weight excluding hydrogens is 407 g/mol. The van der Waals surface area contributed by atoms with Crippen LogP contribution < -0.4 is 5.73 Å². The van der Waals surface area contributed by atoms with Gasteiger partial charge in [-0.1, -0.05) is 45.9 Å². The van der Waals surface area contributed by atoms with Gasteiger partial charge in [0.1, 0.15) is 5.82 Å². The second kappa shape index (κ2) is 14.7. The van der Waals surface area contributed by atoms with Crippen LogP contribution in [0, 0.1) is 17.1 Å². The maximum Gasteiger partial charge on any atom is 0.157 e. The highest BCUT2D eigenvalue weighted by Crippen LogP contribution is 2.43. The van der Waals surface area contributed by atoms with Crippen molar-refractivity contribution in [3.05, 3.63) is 70.5 Å². The third kappa shape index (κ3) is 7.11. The summed E-state index contributed by atoms with van der Waals surface area (Å²) in [6, 6.07) is 14.4. The van der Waals surface area contributed by atoms with E-state index in [1.54, 1.807) is 12.1 Å². The summed E-state index contributed by atoms with van der Waals surface area (Å²) in [5.41, 5.74) is 7.76. The smallest absolute Gasteiger partial charge is 0.157 e. The molecule has 2 aromatic rings. The van der Waals surface area contributed by atoms with Crippen molar-refractivity contribution in [1.82, 2.24) is 0 Å². The fraction of sp³-hybridized carbons (Fsp3) is 0.500. The van der Waals surface area contributed by atoms with E-state index in [9.17, 15) is 4.39 Å². The van der Waals surface area contributed by atoms with Gasteiger partial charge in [-0.3, -0.25) is 0 Å². The molecule has 6 heteroatoms. The number of rotatable bonds is 5. The summed E-state index contributed by atoms with van der Waals surface area (Å²) in [4.78, 5) is 0. The molecule has 5 nitrogen and oxygen atoms in total. The van der Waals surface area contributed by atoms with Crippen LogP contribution in [-0.4, -0.2) is 26.6 Å². The van der Waals surface area contributed by atoms with Crippen LogP contribution in [0.15, 0.2) is 42.5 Å². The zero-order valence-corrected chi connectivity index (χ0v) is 20.0. The zero-order valence-electron chi connectivity index (χ0n) is 20.0. The average Bonchev–Trinajstić information content (AvgIpc) is 3.51. The van der Waals surface area contributed by atoms with Gasteiger partial charge in [-0.05, 0) is 54.4 Å². The van der Waals surface area contributed by atoms with Gasteiger partial charge in [0.15, 0.2) is 6.29 Å². The lowest BCUT2D eigenvalue weighted by Crippen LogP contribution is -2.30. The van der Waals surface area contributed by atoms with E-state index in [0.29, 0.717) is 31.8 Å². The largest absolute Gasteiger partial charge is 0.365 e. The second-order valence-corrected chi connectivity index (χ2v) is 6.78. The van der Waals surface area contributed by atoms with Crippen LogP contribution in [0.3, 0.4) is 0 Å². The molecule has 0 saturated carbocycles. The molecule has 1 fully saturated rings. The van der Waals surface area contributed by atoms with Crippen LogP contribution in [0.5, 0.6) is 0 Å². The molecule has 0 bridgehead atoms. The minimum Gasteiger partial charge on any atom is -0.365 e. The minimum atomic E-state index is -0.517. The fourth-order valence-electron chi connectivity index (χ4n) is 3.82. The molecule has 0 radical (unpaired) electrons. The molecule has 0 aliphatic carbocycles. The molecule has 0 aromatic heterocycles. The molecule has 1 saturated heterocycles. The van der Waals surface area contributed by atoms with Crippen LogP contribution in [0.25, 0.3) is 0 Å². The summed E-state index contributed by atoms with van der Waals surface area (Å²) >= 11 is 0. The van der Waals surface area contributed by atoms with Gasteiger partial charge in [0, 0.05) is 12.8 Å². The van der Waals surface area contributed by atoms with Crippen LogP contribution in [0.1, 0.15) is 62.8 Å². The third-order valence-corrected chi connectivity index (χ3v) is 5.11. The summed E-state index contributed by atoms with van der Waals surface area (Å²) in [5.74, 6) is -0.248. The first kappa shape index (κ1) is 27.7. The van der Waals surface area contributed by atoms with Crippen molar-refractivity contribution in [3.8, 4) is 6.07 Å². The van der Waals surface area contributed by atoms with E-state index in [4.69, 9.17) is 19.5 Å². The van der Waals surface area contributed by atoms with E-state index < -0.39 is 5.60 Å². The van der Waals surface area contributed by atoms with Crippen molar-refractivity contribution in [3.63, 3.8) is 0 Å². The molecule has 0 amide bonds. The number of hydrogen-bond acceptors (Lipinski definition) is 5. The Labute approximate surface area is 192 Å². The van der Waals surface area contributed by atoms with E-state index in [-0.39, 0.29) is 12.1 Å². The predicted molar refractivity (Wildman–Crippen MR) is 125 cm³/mol. The second-order valence-electron chi connectivity index (χ2n) is 6.78. The van der Waals surface area contributed by atoms with E-state index in [2.05, 4.69) is 11.8 Å². The van der Waals surface area contributed by atoms with Crippen LogP contribution >= 0.6 is 0 Å². The molecule has 0 spiro atoms. The molecule has 2 aliphatic rings. The van der Waals surface area contributed by atoms with Gasteiger partial charge in [0.25, 0.3) is 0 Å². The Morgan fingerprint density at radius 3 is 2.25 bits per heavy atom. The van der Waals surface area contributed by atoms with E-state index in [1.165, 1.54) is 19.2 Å². The summed E-state index contributed by atoms with van der Waals surface area (Å²) in [6.45, 7) is 9.72. The molecule has 176 valence electrons. The molecular formula is C26H37FN2O3. The van der Waals surface area contributed by atoms with E-state index in [1.807, 2.05) is 45.9 Å². The van der Waals surface area contributed by atoms with Gasteiger partial charge < -0.3 is 19.9 Å². The molecule has 1 atom stereocenters. The zero-order chi connectivity index (χ0) is 24.0. The topological polar surface area (TPSA) is 77.5 Å². The monoisotopic (exact) mass is 444 g/mol. The highest BCUT2D eigenvalue weighted by atomic mass is 19.1. The first-order valence-corrected chi connectivity index (χ1v) is 11.4. The Bertz CT molecular complexity index is 830. The van der Waals surface area contributed by atoms with Crippen molar-refractivity contribution < 1.29 is 18.6 Å². The van der Waals surface area contributed by atoms with Crippen LogP contribution in [0.4, 0.5) is 4.39 Å². The van der Waals surface area contributed by atoms with Crippen molar-refractivity contribution in [2.45, 2.75) is 65.5 Å². The number of ether oxygens (including phenoxy) is 3. The Morgan fingerprint density at radius 2 is 1.66 bits per heavy atom. The van der Waals surface area contributed by atoms with Gasteiger partial charge in [-0.15, -0.1) is 0 Å². The van der Waals surface area contributed by atoms with E-state index >= 15 is 0 Å². The number of nitriles is 1. The SMILES string of the molecule is CC.CC.CN.N#Cc1ccc2c(c1)COC2(CCC1OCCO1)Cc1ccc(F)cc1. The normalized spacial score (nSPS) is 18.7. The number of halogens is 1. The quantitative estimate of drug-likeness (QED) is 0.664. The number of benzene rings is 2. The molecule has 2 heterocycles. The van der Waals surface area contributed by atoms with Gasteiger partial charge in [0.2, 0.25) is 0 Å². The molecule has 2 aliphatic heterocycles. The van der Waals surface area contributed by atoms with Gasteiger partial charge in [0.05, 0.1) is 37.1 Å². The summed E-state index contributed by atoms with van der Waals surface area (Å²) < 4.78 is 30.7.